The molecule has 156 valence electrons. The van der Waals surface area contributed by atoms with E-state index in [1.165, 1.54) is 0 Å². The third-order valence-electron chi connectivity index (χ3n) is 5.40. The summed E-state index contributed by atoms with van der Waals surface area (Å²) in [7, 11) is -3.38. The van der Waals surface area contributed by atoms with E-state index in [9.17, 15) is 13.2 Å². The molecule has 1 aliphatic heterocycles. The van der Waals surface area contributed by atoms with Gasteiger partial charge in [-0.2, -0.15) is 0 Å². The monoisotopic (exact) mass is 444 g/mol. The van der Waals surface area contributed by atoms with E-state index in [1.54, 1.807) is 30.0 Å². The van der Waals surface area contributed by atoms with Gasteiger partial charge in [0.1, 0.15) is 17.0 Å². The highest BCUT2D eigenvalue weighted by molar-refractivity contribution is 7.91. The van der Waals surface area contributed by atoms with E-state index in [0.717, 1.165) is 5.56 Å². The van der Waals surface area contributed by atoms with E-state index in [2.05, 4.69) is 5.16 Å². The molecular formula is C22H21ClN2O4S. The Labute approximate surface area is 180 Å². The number of rotatable bonds is 3. The molecule has 6 nitrogen and oxygen atoms in total. The summed E-state index contributed by atoms with van der Waals surface area (Å²) in [5.74, 6) is -0.0152. The highest BCUT2D eigenvalue weighted by atomic mass is 35.5. The molecule has 0 radical (unpaired) electrons. The SMILES string of the molecule is Cc1onc(-c2ccccc2Cl)c1C(=O)N1CCC(c2ccccc2)S(=O)(=O)CC1. The lowest BCUT2D eigenvalue weighted by atomic mass is 10.0. The summed E-state index contributed by atoms with van der Waals surface area (Å²) in [5, 5.41) is 3.89. The molecule has 2 heterocycles. The summed E-state index contributed by atoms with van der Waals surface area (Å²) in [5.41, 5.74) is 2.04. The molecule has 30 heavy (non-hydrogen) atoms. The molecule has 1 fully saturated rings. The molecule has 1 amide bonds. The summed E-state index contributed by atoms with van der Waals surface area (Å²) in [6.45, 7) is 2.11. The molecule has 0 aliphatic carbocycles. The van der Waals surface area contributed by atoms with Gasteiger partial charge in [0, 0.05) is 18.7 Å². The molecule has 4 rings (SSSR count). The lowest BCUT2D eigenvalue weighted by Gasteiger charge is -2.20. The number of benzene rings is 2. The lowest BCUT2D eigenvalue weighted by Crippen LogP contribution is -2.34. The number of nitrogens with zero attached hydrogens (tertiary/aromatic N) is 2. The minimum atomic E-state index is -3.38. The van der Waals surface area contributed by atoms with Crippen LogP contribution in [-0.4, -0.2) is 43.2 Å². The van der Waals surface area contributed by atoms with Crippen LogP contribution in [-0.2, 0) is 9.84 Å². The summed E-state index contributed by atoms with van der Waals surface area (Å²) in [4.78, 5) is 15.0. The molecule has 0 bridgehead atoms. The lowest BCUT2D eigenvalue weighted by molar-refractivity contribution is 0.0765. The van der Waals surface area contributed by atoms with Crippen molar-refractivity contribution in [3.63, 3.8) is 0 Å². The number of halogens is 1. The fourth-order valence-corrected chi connectivity index (χ4v) is 5.83. The van der Waals surface area contributed by atoms with Gasteiger partial charge < -0.3 is 9.42 Å². The number of sulfone groups is 1. The Morgan fingerprint density at radius 1 is 1.10 bits per heavy atom. The van der Waals surface area contributed by atoms with E-state index < -0.39 is 15.1 Å². The fourth-order valence-electron chi connectivity index (χ4n) is 3.81. The molecule has 0 saturated carbocycles. The van der Waals surface area contributed by atoms with Crippen molar-refractivity contribution in [1.29, 1.82) is 0 Å². The third kappa shape index (κ3) is 3.87. The molecule has 1 atom stereocenters. The Kier molecular flexibility index (Phi) is 5.66. The van der Waals surface area contributed by atoms with Crippen LogP contribution >= 0.6 is 11.6 Å². The molecule has 0 spiro atoms. The molecular weight excluding hydrogens is 424 g/mol. The maximum atomic E-state index is 13.4. The number of amides is 1. The first-order valence-electron chi connectivity index (χ1n) is 9.65. The predicted octanol–water partition coefficient (Wildman–Crippen LogP) is 4.31. The van der Waals surface area contributed by atoms with Gasteiger partial charge in [0.2, 0.25) is 0 Å². The second-order valence-electron chi connectivity index (χ2n) is 7.29. The number of aryl methyl sites for hydroxylation is 1. The standard InChI is InChI=1S/C22H21ClN2O4S/c1-15-20(21(24-29-15)17-9-5-6-10-18(17)23)22(26)25-12-11-19(30(27,28)14-13-25)16-7-3-2-4-8-16/h2-10,19H,11-14H2,1H3. The van der Waals surface area contributed by atoms with Crippen LogP contribution in [0.3, 0.4) is 0 Å². The number of carbonyl (C=O) groups is 1. The molecule has 1 unspecified atom stereocenters. The molecule has 1 aromatic heterocycles. The maximum Gasteiger partial charge on any atom is 0.259 e. The largest absolute Gasteiger partial charge is 0.360 e. The van der Waals surface area contributed by atoms with Gasteiger partial charge in [0.15, 0.2) is 9.84 Å². The van der Waals surface area contributed by atoms with E-state index in [-0.39, 0.29) is 18.2 Å². The molecule has 8 heteroatoms. The van der Waals surface area contributed by atoms with Gasteiger partial charge in [-0.05, 0) is 25.0 Å². The van der Waals surface area contributed by atoms with Gasteiger partial charge >= 0.3 is 0 Å². The van der Waals surface area contributed by atoms with Crippen LogP contribution in [0.1, 0.15) is 33.4 Å². The first-order valence-corrected chi connectivity index (χ1v) is 11.7. The smallest absolute Gasteiger partial charge is 0.259 e. The Bertz CT molecular complexity index is 1170. The van der Waals surface area contributed by atoms with Crippen LogP contribution in [0.25, 0.3) is 11.3 Å². The average molecular weight is 445 g/mol. The molecule has 1 aliphatic rings. The molecule has 0 N–H and O–H groups in total. The Morgan fingerprint density at radius 2 is 1.80 bits per heavy atom. The van der Waals surface area contributed by atoms with E-state index in [0.29, 0.717) is 40.6 Å². The fraction of sp³-hybridized carbons (Fsp3) is 0.273. The second kappa shape index (κ2) is 8.24. The quantitative estimate of drug-likeness (QED) is 0.601. The molecule has 1 saturated heterocycles. The van der Waals surface area contributed by atoms with Gasteiger partial charge in [-0.1, -0.05) is 65.3 Å². The van der Waals surface area contributed by atoms with Gasteiger partial charge in [-0.15, -0.1) is 0 Å². The zero-order chi connectivity index (χ0) is 21.3. The summed E-state index contributed by atoms with van der Waals surface area (Å²) >= 11 is 6.30. The Hall–Kier alpha value is -2.64. The van der Waals surface area contributed by atoms with Gasteiger partial charge in [-0.3, -0.25) is 4.79 Å². The van der Waals surface area contributed by atoms with Gasteiger partial charge in [0.05, 0.1) is 16.0 Å². The summed E-state index contributed by atoms with van der Waals surface area (Å²) in [6.07, 6.45) is 0.337. The second-order valence-corrected chi connectivity index (χ2v) is 10.00. The van der Waals surface area contributed by atoms with Crippen molar-refractivity contribution in [2.45, 2.75) is 18.6 Å². The van der Waals surface area contributed by atoms with E-state index in [4.69, 9.17) is 16.1 Å². The van der Waals surface area contributed by atoms with Crippen molar-refractivity contribution in [3.05, 3.63) is 76.5 Å². The maximum absolute atomic E-state index is 13.4. The first-order chi connectivity index (χ1) is 14.4. The molecule has 2 aromatic carbocycles. The van der Waals surface area contributed by atoms with Gasteiger partial charge in [-0.25, -0.2) is 8.42 Å². The van der Waals surface area contributed by atoms with Crippen molar-refractivity contribution >= 4 is 27.3 Å². The summed E-state index contributed by atoms with van der Waals surface area (Å²) < 4.78 is 31.0. The normalized spacial score (nSPS) is 18.7. The zero-order valence-corrected chi connectivity index (χ0v) is 18.0. The van der Waals surface area contributed by atoms with Crippen LogP contribution in [0.15, 0.2) is 59.1 Å². The van der Waals surface area contributed by atoms with Crippen molar-refractivity contribution < 1.29 is 17.7 Å². The zero-order valence-electron chi connectivity index (χ0n) is 16.4. The summed E-state index contributed by atoms with van der Waals surface area (Å²) in [6, 6.07) is 16.2. The van der Waals surface area contributed by atoms with Gasteiger partial charge in [0.25, 0.3) is 5.91 Å². The van der Waals surface area contributed by atoms with E-state index in [1.807, 2.05) is 36.4 Å². The number of hydrogen-bond acceptors (Lipinski definition) is 5. The average Bonchev–Trinajstić information content (AvgIpc) is 3.03. The van der Waals surface area contributed by atoms with Crippen LogP contribution in [0, 0.1) is 6.92 Å². The highest BCUT2D eigenvalue weighted by Crippen LogP contribution is 2.33. The van der Waals surface area contributed by atoms with Crippen LogP contribution in [0.4, 0.5) is 0 Å². The van der Waals surface area contributed by atoms with Crippen LogP contribution in [0.2, 0.25) is 5.02 Å². The van der Waals surface area contributed by atoms with Crippen LogP contribution < -0.4 is 0 Å². The highest BCUT2D eigenvalue weighted by Gasteiger charge is 2.34. The topological polar surface area (TPSA) is 80.5 Å². The number of carbonyl (C=O) groups excluding carboxylic acids is 1. The minimum absolute atomic E-state index is 0.0932. The first kappa shape index (κ1) is 20.6. The Balaban J connectivity index is 1.65. The van der Waals surface area contributed by atoms with Crippen molar-refractivity contribution in [1.82, 2.24) is 10.1 Å². The third-order valence-corrected chi connectivity index (χ3v) is 7.86. The van der Waals surface area contributed by atoms with Crippen molar-refractivity contribution in [2.75, 3.05) is 18.8 Å². The number of aromatic nitrogens is 1. The minimum Gasteiger partial charge on any atom is -0.360 e. The van der Waals surface area contributed by atoms with Crippen molar-refractivity contribution in [3.8, 4) is 11.3 Å². The predicted molar refractivity (Wildman–Crippen MR) is 115 cm³/mol. The van der Waals surface area contributed by atoms with E-state index >= 15 is 0 Å². The Morgan fingerprint density at radius 3 is 2.53 bits per heavy atom. The van der Waals surface area contributed by atoms with Crippen LogP contribution in [0.5, 0.6) is 0 Å². The van der Waals surface area contributed by atoms with Crippen molar-refractivity contribution in [2.24, 2.45) is 0 Å². The number of hydrogen-bond donors (Lipinski definition) is 0. The molecule has 3 aromatic rings.